The van der Waals surface area contributed by atoms with Crippen molar-refractivity contribution in [3.8, 4) is 10.4 Å². The maximum absolute atomic E-state index is 10.5. The van der Waals surface area contributed by atoms with Gasteiger partial charge in [-0.15, -0.1) is 11.3 Å². The van der Waals surface area contributed by atoms with Crippen LogP contribution >= 0.6 is 11.3 Å². The minimum Gasteiger partial charge on any atom is -0.324 e. The van der Waals surface area contributed by atoms with Crippen LogP contribution in [0.15, 0.2) is 36.4 Å². The molecule has 5 heteroatoms. The Kier molecular flexibility index (Phi) is 3.21. The lowest BCUT2D eigenvalue weighted by atomic mass is 10.2. The molecule has 0 spiro atoms. The van der Waals surface area contributed by atoms with Crippen molar-refractivity contribution in [2.75, 3.05) is 0 Å². The van der Waals surface area contributed by atoms with Crippen LogP contribution in [-0.4, -0.2) is 4.92 Å². The molecular formula is C12H12N2O2S. The number of thiophene rings is 1. The molecule has 2 aromatic rings. The molecule has 2 N–H and O–H groups in total. The van der Waals surface area contributed by atoms with Crippen LogP contribution in [-0.2, 0) is 0 Å². The van der Waals surface area contributed by atoms with Crippen LogP contribution in [0.2, 0.25) is 0 Å². The first-order chi connectivity index (χ1) is 8.08. The standard InChI is InChI=1S/C12H12N2O2S/c1-8(13)11-6-7-12(17-11)9-2-4-10(5-3-9)14(15)16/h2-8H,13H2,1H3. The maximum Gasteiger partial charge on any atom is 0.269 e. The van der Waals surface area contributed by atoms with Crippen molar-refractivity contribution in [2.24, 2.45) is 5.73 Å². The van der Waals surface area contributed by atoms with Crippen LogP contribution in [0, 0.1) is 10.1 Å². The second-order valence-electron chi connectivity index (χ2n) is 3.79. The Bertz CT molecular complexity index is 532. The van der Waals surface area contributed by atoms with E-state index in [2.05, 4.69) is 0 Å². The first-order valence-corrected chi connectivity index (χ1v) is 5.99. The van der Waals surface area contributed by atoms with E-state index < -0.39 is 4.92 Å². The number of hydrogen-bond acceptors (Lipinski definition) is 4. The summed E-state index contributed by atoms with van der Waals surface area (Å²) in [5, 5.41) is 10.5. The molecule has 0 radical (unpaired) electrons. The van der Waals surface area contributed by atoms with E-state index >= 15 is 0 Å². The van der Waals surface area contributed by atoms with Gasteiger partial charge in [0.25, 0.3) is 5.69 Å². The monoisotopic (exact) mass is 248 g/mol. The fourth-order valence-electron chi connectivity index (χ4n) is 1.50. The van der Waals surface area contributed by atoms with Gasteiger partial charge in [-0.1, -0.05) is 0 Å². The van der Waals surface area contributed by atoms with E-state index in [-0.39, 0.29) is 11.7 Å². The minimum atomic E-state index is -0.397. The van der Waals surface area contributed by atoms with E-state index in [9.17, 15) is 10.1 Å². The predicted molar refractivity (Wildman–Crippen MR) is 69.0 cm³/mol. The normalized spacial score (nSPS) is 12.4. The van der Waals surface area contributed by atoms with Gasteiger partial charge in [-0.3, -0.25) is 10.1 Å². The molecule has 0 fully saturated rings. The van der Waals surface area contributed by atoms with E-state index in [0.29, 0.717) is 0 Å². The van der Waals surface area contributed by atoms with Crippen LogP contribution in [0.4, 0.5) is 5.69 Å². The third kappa shape index (κ3) is 2.51. The summed E-state index contributed by atoms with van der Waals surface area (Å²) in [6.07, 6.45) is 0. The van der Waals surface area contributed by atoms with Crippen molar-refractivity contribution in [1.82, 2.24) is 0 Å². The summed E-state index contributed by atoms with van der Waals surface area (Å²) in [7, 11) is 0. The highest BCUT2D eigenvalue weighted by Crippen LogP contribution is 2.31. The molecule has 0 aliphatic carbocycles. The summed E-state index contributed by atoms with van der Waals surface area (Å²) < 4.78 is 0. The molecule has 0 saturated carbocycles. The van der Waals surface area contributed by atoms with Crippen molar-refractivity contribution >= 4 is 17.0 Å². The zero-order chi connectivity index (χ0) is 12.4. The van der Waals surface area contributed by atoms with Crippen LogP contribution in [0.3, 0.4) is 0 Å². The van der Waals surface area contributed by atoms with Gasteiger partial charge in [0.15, 0.2) is 0 Å². The Morgan fingerprint density at radius 3 is 2.35 bits per heavy atom. The summed E-state index contributed by atoms with van der Waals surface area (Å²) in [6, 6.07) is 10.5. The van der Waals surface area contributed by atoms with Crippen molar-refractivity contribution in [1.29, 1.82) is 0 Å². The van der Waals surface area contributed by atoms with Crippen molar-refractivity contribution in [2.45, 2.75) is 13.0 Å². The van der Waals surface area contributed by atoms with E-state index in [1.165, 1.54) is 12.1 Å². The number of nitrogens with zero attached hydrogens (tertiary/aromatic N) is 1. The topological polar surface area (TPSA) is 69.2 Å². The number of nitro benzene ring substituents is 1. The molecule has 0 saturated heterocycles. The lowest BCUT2D eigenvalue weighted by Crippen LogP contribution is -2.01. The van der Waals surface area contributed by atoms with Crippen LogP contribution in [0.25, 0.3) is 10.4 Å². The molecule has 4 nitrogen and oxygen atoms in total. The average Bonchev–Trinajstić information content (AvgIpc) is 2.78. The summed E-state index contributed by atoms with van der Waals surface area (Å²) in [5.74, 6) is 0. The molecule has 1 atom stereocenters. The van der Waals surface area contributed by atoms with Crippen molar-refractivity contribution < 1.29 is 4.92 Å². The first-order valence-electron chi connectivity index (χ1n) is 5.18. The van der Waals surface area contributed by atoms with Crippen molar-refractivity contribution in [3.05, 3.63) is 51.4 Å². The number of nitrogens with two attached hydrogens (primary N) is 1. The van der Waals surface area contributed by atoms with Gasteiger partial charge >= 0.3 is 0 Å². The van der Waals surface area contributed by atoms with Gasteiger partial charge in [-0.2, -0.15) is 0 Å². The third-order valence-corrected chi connectivity index (χ3v) is 3.77. The molecule has 0 aliphatic rings. The van der Waals surface area contributed by atoms with Gasteiger partial charge in [0.05, 0.1) is 4.92 Å². The van der Waals surface area contributed by atoms with E-state index in [1.54, 1.807) is 23.5 Å². The van der Waals surface area contributed by atoms with Gasteiger partial charge in [0.1, 0.15) is 0 Å². The Labute approximate surface area is 103 Å². The molecule has 0 bridgehead atoms. The third-order valence-electron chi connectivity index (χ3n) is 2.44. The number of benzene rings is 1. The molecule has 1 aromatic carbocycles. The average molecular weight is 248 g/mol. The largest absolute Gasteiger partial charge is 0.324 e. The van der Waals surface area contributed by atoms with Crippen LogP contribution in [0.1, 0.15) is 17.8 Å². The lowest BCUT2D eigenvalue weighted by molar-refractivity contribution is -0.384. The molecule has 17 heavy (non-hydrogen) atoms. The van der Waals surface area contributed by atoms with Gasteiger partial charge in [-0.25, -0.2) is 0 Å². The summed E-state index contributed by atoms with van der Waals surface area (Å²) in [5.41, 5.74) is 6.88. The smallest absolute Gasteiger partial charge is 0.269 e. The van der Waals surface area contributed by atoms with Crippen LogP contribution in [0.5, 0.6) is 0 Å². The summed E-state index contributed by atoms with van der Waals surface area (Å²) in [6.45, 7) is 1.94. The Hall–Kier alpha value is -1.72. The maximum atomic E-state index is 10.5. The fourth-order valence-corrected chi connectivity index (χ4v) is 2.47. The molecule has 2 rings (SSSR count). The number of rotatable bonds is 3. The quantitative estimate of drug-likeness (QED) is 0.669. The molecule has 1 heterocycles. The van der Waals surface area contributed by atoms with Gasteiger partial charge in [-0.05, 0) is 36.8 Å². The number of hydrogen-bond donors (Lipinski definition) is 1. The van der Waals surface area contributed by atoms with Gasteiger partial charge in [0.2, 0.25) is 0 Å². The van der Waals surface area contributed by atoms with Crippen molar-refractivity contribution in [3.63, 3.8) is 0 Å². The molecule has 1 unspecified atom stereocenters. The Morgan fingerprint density at radius 1 is 1.24 bits per heavy atom. The zero-order valence-electron chi connectivity index (χ0n) is 9.29. The second kappa shape index (κ2) is 4.65. The zero-order valence-corrected chi connectivity index (χ0v) is 10.1. The Morgan fingerprint density at radius 2 is 1.88 bits per heavy atom. The molecule has 1 aromatic heterocycles. The van der Waals surface area contributed by atoms with E-state index in [0.717, 1.165) is 15.3 Å². The van der Waals surface area contributed by atoms with Gasteiger partial charge in [0, 0.05) is 27.9 Å². The second-order valence-corrected chi connectivity index (χ2v) is 4.91. The summed E-state index contributed by atoms with van der Waals surface area (Å²) in [4.78, 5) is 12.3. The summed E-state index contributed by atoms with van der Waals surface area (Å²) >= 11 is 1.61. The minimum absolute atomic E-state index is 0.0202. The SMILES string of the molecule is CC(N)c1ccc(-c2ccc([N+](=O)[O-])cc2)s1. The lowest BCUT2D eigenvalue weighted by Gasteiger charge is -1.99. The van der Waals surface area contributed by atoms with Gasteiger partial charge < -0.3 is 5.73 Å². The molecule has 0 amide bonds. The molecule has 0 aliphatic heterocycles. The highest BCUT2D eigenvalue weighted by molar-refractivity contribution is 7.15. The highest BCUT2D eigenvalue weighted by Gasteiger charge is 2.08. The van der Waals surface area contributed by atoms with E-state index in [4.69, 9.17) is 5.73 Å². The molecule has 88 valence electrons. The Balaban J connectivity index is 2.30. The van der Waals surface area contributed by atoms with Crippen LogP contribution < -0.4 is 5.73 Å². The number of nitro groups is 1. The highest BCUT2D eigenvalue weighted by atomic mass is 32.1. The fraction of sp³-hybridized carbons (Fsp3) is 0.167. The first kappa shape index (κ1) is 11.8. The molecular weight excluding hydrogens is 236 g/mol. The predicted octanol–water partition coefficient (Wildman–Crippen LogP) is 3.34. The van der Waals surface area contributed by atoms with E-state index in [1.807, 2.05) is 19.1 Å². The number of non-ortho nitro benzene ring substituents is 1.